The van der Waals surface area contributed by atoms with Crippen molar-refractivity contribution >= 4 is 5.97 Å². The third-order valence-corrected chi connectivity index (χ3v) is 2.98. The van der Waals surface area contributed by atoms with Gasteiger partial charge in [-0.25, -0.2) is 9.18 Å². The third-order valence-electron chi connectivity index (χ3n) is 2.98. The lowest BCUT2D eigenvalue weighted by Crippen LogP contribution is -2.18. The number of halogens is 1. The van der Waals surface area contributed by atoms with Gasteiger partial charge in [0.15, 0.2) is 0 Å². The van der Waals surface area contributed by atoms with Crippen molar-refractivity contribution in [3.8, 4) is 0 Å². The monoisotopic (exact) mass is 282 g/mol. The van der Waals surface area contributed by atoms with E-state index in [0.717, 1.165) is 31.5 Å². The first kappa shape index (κ1) is 16.6. The molecule has 0 aliphatic rings. The molecule has 0 unspecified atom stereocenters. The van der Waals surface area contributed by atoms with Crippen LogP contribution in [0.1, 0.15) is 28.8 Å². The fraction of sp³-hybridized carbons (Fsp3) is 0.533. The smallest absolute Gasteiger partial charge is 0.340 e. The molecule has 0 saturated heterocycles. The number of rotatable bonds is 8. The van der Waals surface area contributed by atoms with Crippen molar-refractivity contribution in [2.24, 2.45) is 0 Å². The lowest BCUT2D eigenvalue weighted by Gasteiger charge is -2.10. The number of hydrogen-bond acceptors (Lipinski definition) is 4. The second kappa shape index (κ2) is 8.66. The highest BCUT2D eigenvalue weighted by Crippen LogP contribution is 2.11. The van der Waals surface area contributed by atoms with E-state index in [1.54, 1.807) is 6.07 Å². The molecule has 1 rings (SSSR count). The van der Waals surface area contributed by atoms with Gasteiger partial charge in [-0.15, -0.1) is 0 Å². The number of ether oxygens (including phenoxy) is 1. The summed E-state index contributed by atoms with van der Waals surface area (Å²) in [6.45, 7) is 2.57. The average molecular weight is 282 g/mol. The molecule has 0 saturated carbocycles. The molecule has 4 nitrogen and oxygen atoms in total. The van der Waals surface area contributed by atoms with Crippen LogP contribution in [0.4, 0.5) is 4.39 Å². The largest absolute Gasteiger partial charge is 0.465 e. The number of carbonyl (C=O) groups is 1. The quantitative estimate of drug-likeness (QED) is 0.585. The SMILES string of the molecule is COC(=O)c1ccc(CNCCCCN(C)C)cc1F. The molecule has 5 heteroatoms. The van der Waals surface area contributed by atoms with Gasteiger partial charge in [0.1, 0.15) is 5.82 Å². The minimum Gasteiger partial charge on any atom is -0.465 e. The van der Waals surface area contributed by atoms with E-state index in [4.69, 9.17) is 0 Å². The number of nitrogens with zero attached hydrogens (tertiary/aromatic N) is 1. The first-order chi connectivity index (χ1) is 9.54. The second-order valence-corrected chi connectivity index (χ2v) is 4.99. The van der Waals surface area contributed by atoms with Crippen LogP contribution in [0, 0.1) is 5.82 Å². The first-order valence-corrected chi connectivity index (χ1v) is 6.76. The van der Waals surface area contributed by atoms with Crippen molar-refractivity contribution in [3.63, 3.8) is 0 Å². The lowest BCUT2D eigenvalue weighted by atomic mass is 10.1. The molecule has 0 fully saturated rings. The van der Waals surface area contributed by atoms with Gasteiger partial charge in [0.25, 0.3) is 0 Å². The van der Waals surface area contributed by atoms with Crippen molar-refractivity contribution in [2.45, 2.75) is 19.4 Å². The number of benzene rings is 1. The Hall–Kier alpha value is -1.46. The zero-order chi connectivity index (χ0) is 15.0. The van der Waals surface area contributed by atoms with E-state index >= 15 is 0 Å². The van der Waals surface area contributed by atoms with Crippen LogP contribution in [-0.2, 0) is 11.3 Å². The van der Waals surface area contributed by atoms with Gasteiger partial charge in [-0.2, -0.15) is 0 Å². The Bertz CT molecular complexity index is 436. The summed E-state index contributed by atoms with van der Waals surface area (Å²) >= 11 is 0. The second-order valence-electron chi connectivity index (χ2n) is 4.99. The minimum absolute atomic E-state index is 0.0257. The van der Waals surface area contributed by atoms with Gasteiger partial charge in [-0.05, 0) is 57.7 Å². The van der Waals surface area contributed by atoms with Gasteiger partial charge >= 0.3 is 5.97 Å². The summed E-state index contributed by atoms with van der Waals surface area (Å²) in [7, 11) is 5.35. The van der Waals surface area contributed by atoms with Gasteiger partial charge in [-0.1, -0.05) is 6.07 Å². The van der Waals surface area contributed by atoms with Gasteiger partial charge in [0.05, 0.1) is 12.7 Å². The molecule has 20 heavy (non-hydrogen) atoms. The molecule has 0 aliphatic heterocycles. The molecular weight excluding hydrogens is 259 g/mol. The maximum atomic E-state index is 13.7. The standard InChI is InChI=1S/C15H23FN2O2/c1-18(2)9-5-4-8-17-11-12-6-7-13(14(16)10-12)15(19)20-3/h6-7,10,17H,4-5,8-9,11H2,1-3H3. The molecule has 1 N–H and O–H groups in total. The average Bonchev–Trinajstić information content (AvgIpc) is 2.41. The van der Waals surface area contributed by atoms with E-state index in [9.17, 15) is 9.18 Å². The summed E-state index contributed by atoms with van der Waals surface area (Å²) in [6.07, 6.45) is 2.22. The highest BCUT2D eigenvalue weighted by Gasteiger charge is 2.11. The number of carbonyl (C=O) groups excluding carboxylic acids is 1. The topological polar surface area (TPSA) is 41.6 Å². The van der Waals surface area contributed by atoms with E-state index in [0.29, 0.717) is 6.54 Å². The maximum Gasteiger partial charge on any atom is 0.340 e. The van der Waals surface area contributed by atoms with Crippen molar-refractivity contribution in [1.82, 2.24) is 10.2 Å². The fourth-order valence-electron chi connectivity index (χ4n) is 1.85. The van der Waals surface area contributed by atoms with E-state index in [-0.39, 0.29) is 5.56 Å². The predicted molar refractivity (Wildman–Crippen MR) is 77.2 cm³/mol. The Morgan fingerprint density at radius 1 is 1.35 bits per heavy atom. The molecule has 1 aromatic carbocycles. The Morgan fingerprint density at radius 2 is 2.10 bits per heavy atom. The van der Waals surface area contributed by atoms with E-state index in [2.05, 4.69) is 29.0 Å². The van der Waals surface area contributed by atoms with Crippen molar-refractivity contribution in [3.05, 3.63) is 35.1 Å². The van der Waals surface area contributed by atoms with Crippen molar-refractivity contribution in [1.29, 1.82) is 0 Å². The highest BCUT2D eigenvalue weighted by molar-refractivity contribution is 5.89. The maximum absolute atomic E-state index is 13.7. The van der Waals surface area contributed by atoms with Crippen molar-refractivity contribution in [2.75, 3.05) is 34.3 Å². The molecule has 0 atom stereocenters. The van der Waals surface area contributed by atoms with Crippen LogP contribution in [0.15, 0.2) is 18.2 Å². The summed E-state index contributed by atoms with van der Waals surface area (Å²) in [6, 6.07) is 4.57. The summed E-state index contributed by atoms with van der Waals surface area (Å²) in [5.41, 5.74) is 0.796. The van der Waals surface area contributed by atoms with Crippen molar-refractivity contribution < 1.29 is 13.9 Å². The molecule has 0 aliphatic carbocycles. The number of unbranched alkanes of at least 4 members (excludes halogenated alkanes) is 1. The van der Waals surface area contributed by atoms with Gasteiger partial charge in [0, 0.05) is 6.54 Å². The molecule has 0 heterocycles. The molecular formula is C15H23FN2O2. The fourth-order valence-corrected chi connectivity index (χ4v) is 1.85. The van der Waals surface area contributed by atoms with Gasteiger partial charge < -0.3 is 15.0 Å². The van der Waals surface area contributed by atoms with Crippen LogP contribution in [0.2, 0.25) is 0 Å². The molecule has 0 bridgehead atoms. The third kappa shape index (κ3) is 5.67. The predicted octanol–water partition coefficient (Wildman–Crippen LogP) is 2.04. The van der Waals surface area contributed by atoms with Gasteiger partial charge in [0.2, 0.25) is 0 Å². The van der Waals surface area contributed by atoms with Crippen LogP contribution < -0.4 is 5.32 Å². The zero-order valence-electron chi connectivity index (χ0n) is 12.4. The Balaban J connectivity index is 2.35. The zero-order valence-corrected chi connectivity index (χ0v) is 12.4. The Morgan fingerprint density at radius 3 is 2.70 bits per heavy atom. The van der Waals surface area contributed by atoms with Crippen LogP contribution in [0.5, 0.6) is 0 Å². The molecule has 0 radical (unpaired) electrons. The first-order valence-electron chi connectivity index (χ1n) is 6.76. The van der Waals surface area contributed by atoms with E-state index in [1.807, 2.05) is 0 Å². The number of nitrogens with one attached hydrogen (secondary N) is 1. The molecule has 112 valence electrons. The number of methoxy groups -OCH3 is 1. The highest BCUT2D eigenvalue weighted by atomic mass is 19.1. The normalized spacial score (nSPS) is 10.8. The van der Waals surface area contributed by atoms with E-state index < -0.39 is 11.8 Å². The molecule has 0 spiro atoms. The van der Waals surface area contributed by atoms with Crippen LogP contribution in [0.3, 0.4) is 0 Å². The van der Waals surface area contributed by atoms with Crippen LogP contribution >= 0.6 is 0 Å². The van der Waals surface area contributed by atoms with Gasteiger partial charge in [-0.3, -0.25) is 0 Å². The molecule has 1 aromatic rings. The minimum atomic E-state index is -0.648. The summed E-state index contributed by atoms with van der Waals surface area (Å²) < 4.78 is 18.2. The van der Waals surface area contributed by atoms with Crippen LogP contribution in [0.25, 0.3) is 0 Å². The van der Waals surface area contributed by atoms with Crippen LogP contribution in [-0.4, -0.2) is 45.2 Å². The summed E-state index contributed by atoms with van der Waals surface area (Å²) in [5, 5.41) is 3.26. The molecule has 0 aromatic heterocycles. The Labute approximate surface area is 119 Å². The number of hydrogen-bond donors (Lipinski definition) is 1. The lowest BCUT2D eigenvalue weighted by molar-refractivity contribution is 0.0595. The summed E-state index contributed by atoms with van der Waals surface area (Å²) in [5.74, 6) is -1.19. The number of esters is 1. The Kier molecular flexibility index (Phi) is 7.18. The molecule has 0 amide bonds. The van der Waals surface area contributed by atoms with E-state index in [1.165, 1.54) is 19.2 Å². The summed E-state index contributed by atoms with van der Waals surface area (Å²) in [4.78, 5) is 13.4.